The van der Waals surface area contributed by atoms with Gasteiger partial charge in [-0.25, -0.2) is 4.39 Å². The summed E-state index contributed by atoms with van der Waals surface area (Å²) in [5, 5.41) is 3.22. The molecule has 94 valence electrons. The molecule has 0 saturated carbocycles. The van der Waals surface area contributed by atoms with Crippen molar-refractivity contribution in [2.75, 3.05) is 11.9 Å². The van der Waals surface area contributed by atoms with Crippen LogP contribution in [0.2, 0.25) is 0 Å². The van der Waals surface area contributed by atoms with Gasteiger partial charge in [0.25, 0.3) is 0 Å². The van der Waals surface area contributed by atoms with Crippen LogP contribution in [-0.2, 0) is 4.74 Å². The Labute approximate surface area is 110 Å². The predicted octanol–water partition coefficient (Wildman–Crippen LogP) is 3.96. The fraction of sp³-hybridized carbons (Fsp3) is 0.538. The molecule has 1 fully saturated rings. The Morgan fingerprint density at radius 3 is 2.94 bits per heavy atom. The van der Waals surface area contributed by atoms with Crippen molar-refractivity contribution in [3.05, 3.63) is 28.5 Å². The number of hydrogen-bond donors (Lipinski definition) is 1. The molecule has 0 spiro atoms. The Bertz CT molecular complexity index is 408. The third kappa shape index (κ3) is 3.42. The van der Waals surface area contributed by atoms with Gasteiger partial charge in [-0.15, -0.1) is 0 Å². The predicted molar refractivity (Wildman–Crippen MR) is 70.8 cm³/mol. The van der Waals surface area contributed by atoms with E-state index in [0.29, 0.717) is 6.54 Å². The number of anilines is 1. The van der Waals surface area contributed by atoms with Crippen molar-refractivity contribution >= 4 is 21.6 Å². The standard InChI is InChI=1S/C13H17BrFNO/c1-13(2)6-5-10(17-13)8-16-12-7-9(15)3-4-11(12)14/h3-4,7,10,16H,5-6,8H2,1-2H3. The van der Waals surface area contributed by atoms with Crippen molar-refractivity contribution in [1.29, 1.82) is 0 Å². The van der Waals surface area contributed by atoms with Gasteiger partial charge >= 0.3 is 0 Å². The van der Waals surface area contributed by atoms with E-state index in [0.717, 1.165) is 23.0 Å². The fourth-order valence-electron chi connectivity index (χ4n) is 2.08. The molecule has 4 heteroatoms. The fourth-order valence-corrected chi connectivity index (χ4v) is 2.46. The van der Waals surface area contributed by atoms with Crippen LogP contribution in [0, 0.1) is 5.82 Å². The van der Waals surface area contributed by atoms with Crippen LogP contribution in [-0.4, -0.2) is 18.2 Å². The zero-order valence-corrected chi connectivity index (χ0v) is 11.7. The second-order valence-corrected chi connectivity index (χ2v) is 5.90. The molecule has 1 atom stereocenters. The van der Waals surface area contributed by atoms with Crippen LogP contribution in [0.25, 0.3) is 0 Å². The SMILES string of the molecule is CC1(C)CCC(CNc2cc(F)ccc2Br)O1. The normalized spacial score (nSPS) is 22.7. The highest BCUT2D eigenvalue weighted by molar-refractivity contribution is 9.10. The van der Waals surface area contributed by atoms with Crippen molar-refractivity contribution in [2.24, 2.45) is 0 Å². The number of halogens is 2. The molecule has 0 bridgehead atoms. The second kappa shape index (κ2) is 4.94. The summed E-state index contributed by atoms with van der Waals surface area (Å²) < 4.78 is 19.8. The molecule has 1 unspecified atom stereocenters. The number of nitrogens with one attached hydrogen (secondary N) is 1. The van der Waals surface area contributed by atoms with Gasteiger partial charge in [-0.3, -0.25) is 0 Å². The average molecular weight is 302 g/mol. The Balaban J connectivity index is 1.92. The lowest BCUT2D eigenvalue weighted by Gasteiger charge is -2.20. The van der Waals surface area contributed by atoms with Gasteiger partial charge in [0.2, 0.25) is 0 Å². The van der Waals surface area contributed by atoms with Gasteiger partial charge < -0.3 is 10.1 Å². The van der Waals surface area contributed by atoms with E-state index < -0.39 is 0 Å². The molecule has 0 aliphatic carbocycles. The van der Waals surface area contributed by atoms with E-state index >= 15 is 0 Å². The minimum atomic E-state index is -0.233. The molecule has 1 aromatic carbocycles. The third-order valence-corrected chi connectivity index (χ3v) is 3.69. The Morgan fingerprint density at radius 1 is 1.53 bits per heavy atom. The molecular weight excluding hydrogens is 285 g/mol. The van der Waals surface area contributed by atoms with Crippen molar-refractivity contribution in [1.82, 2.24) is 0 Å². The second-order valence-electron chi connectivity index (χ2n) is 5.04. The first-order valence-electron chi connectivity index (χ1n) is 5.83. The van der Waals surface area contributed by atoms with E-state index in [-0.39, 0.29) is 17.5 Å². The molecular formula is C13H17BrFNO. The third-order valence-electron chi connectivity index (χ3n) is 3.00. The summed E-state index contributed by atoms with van der Waals surface area (Å²) in [6.07, 6.45) is 2.33. The molecule has 1 aliphatic heterocycles. The van der Waals surface area contributed by atoms with Gasteiger partial charge in [0.1, 0.15) is 5.82 Å². The summed E-state index contributed by atoms with van der Waals surface area (Å²) in [5.74, 6) is -0.233. The zero-order chi connectivity index (χ0) is 12.5. The highest BCUT2D eigenvalue weighted by Crippen LogP contribution is 2.30. The molecule has 17 heavy (non-hydrogen) atoms. The first-order chi connectivity index (χ1) is 7.96. The van der Waals surface area contributed by atoms with Crippen LogP contribution in [0.15, 0.2) is 22.7 Å². The molecule has 0 amide bonds. The lowest BCUT2D eigenvalue weighted by atomic mass is 10.1. The van der Waals surface area contributed by atoms with E-state index in [2.05, 4.69) is 35.1 Å². The van der Waals surface area contributed by atoms with Gasteiger partial charge in [0, 0.05) is 11.0 Å². The summed E-state index contributed by atoms with van der Waals surface area (Å²) in [6.45, 7) is 4.92. The van der Waals surface area contributed by atoms with Crippen molar-refractivity contribution in [3.8, 4) is 0 Å². The Hall–Kier alpha value is -0.610. The summed E-state index contributed by atoms with van der Waals surface area (Å²) >= 11 is 3.39. The minimum Gasteiger partial charge on any atom is -0.381 e. The average Bonchev–Trinajstić information content (AvgIpc) is 2.60. The maximum atomic E-state index is 13.1. The van der Waals surface area contributed by atoms with Gasteiger partial charge in [-0.1, -0.05) is 0 Å². The summed E-state index contributed by atoms with van der Waals surface area (Å²) in [7, 11) is 0. The molecule has 0 aromatic heterocycles. The molecule has 1 aliphatic rings. The van der Waals surface area contributed by atoms with Crippen molar-refractivity contribution in [3.63, 3.8) is 0 Å². The van der Waals surface area contributed by atoms with E-state index in [1.54, 1.807) is 6.07 Å². The summed E-state index contributed by atoms with van der Waals surface area (Å²) in [6, 6.07) is 4.63. The van der Waals surface area contributed by atoms with Crippen LogP contribution >= 0.6 is 15.9 Å². The summed E-state index contributed by atoms with van der Waals surface area (Å²) in [4.78, 5) is 0. The maximum absolute atomic E-state index is 13.1. The molecule has 0 radical (unpaired) electrons. The van der Waals surface area contributed by atoms with Gasteiger partial charge in [0.15, 0.2) is 0 Å². The van der Waals surface area contributed by atoms with Gasteiger partial charge in [-0.2, -0.15) is 0 Å². The van der Waals surface area contributed by atoms with Crippen molar-refractivity contribution < 1.29 is 9.13 Å². The van der Waals surface area contributed by atoms with E-state index in [4.69, 9.17) is 4.74 Å². The molecule has 1 heterocycles. The van der Waals surface area contributed by atoms with Crippen LogP contribution < -0.4 is 5.32 Å². The minimum absolute atomic E-state index is 0.0223. The quantitative estimate of drug-likeness (QED) is 0.912. The smallest absolute Gasteiger partial charge is 0.125 e. The largest absolute Gasteiger partial charge is 0.381 e. The molecule has 2 rings (SSSR count). The number of rotatable bonds is 3. The Morgan fingerprint density at radius 2 is 2.29 bits per heavy atom. The van der Waals surface area contributed by atoms with Crippen LogP contribution in [0.5, 0.6) is 0 Å². The molecule has 1 aromatic rings. The first-order valence-corrected chi connectivity index (χ1v) is 6.62. The molecule has 1 saturated heterocycles. The van der Waals surface area contributed by atoms with E-state index in [9.17, 15) is 4.39 Å². The Kier molecular flexibility index (Phi) is 3.73. The van der Waals surface area contributed by atoms with Crippen LogP contribution in [0.3, 0.4) is 0 Å². The maximum Gasteiger partial charge on any atom is 0.125 e. The highest BCUT2D eigenvalue weighted by Gasteiger charge is 2.31. The van der Waals surface area contributed by atoms with Gasteiger partial charge in [0.05, 0.1) is 17.4 Å². The van der Waals surface area contributed by atoms with Crippen LogP contribution in [0.4, 0.5) is 10.1 Å². The summed E-state index contributed by atoms with van der Waals surface area (Å²) in [5.41, 5.74) is 0.754. The lowest BCUT2D eigenvalue weighted by Crippen LogP contribution is -2.24. The highest BCUT2D eigenvalue weighted by atomic mass is 79.9. The lowest BCUT2D eigenvalue weighted by molar-refractivity contribution is -0.00911. The number of ether oxygens (including phenoxy) is 1. The monoisotopic (exact) mass is 301 g/mol. The van der Waals surface area contributed by atoms with E-state index in [1.807, 2.05) is 0 Å². The molecule has 1 N–H and O–H groups in total. The first kappa shape index (κ1) is 12.8. The number of hydrogen-bond acceptors (Lipinski definition) is 2. The topological polar surface area (TPSA) is 21.3 Å². The van der Waals surface area contributed by atoms with Gasteiger partial charge in [-0.05, 0) is 60.8 Å². The van der Waals surface area contributed by atoms with E-state index in [1.165, 1.54) is 12.1 Å². The molecule has 2 nitrogen and oxygen atoms in total. The zero-order valence-electron chi connectivity index (χ0n) is 10.1. The van der Waals surface area contributed by atoms with Crippen molar-refractivity contribution in [2.45, 2.75) is 38.4 Å². The van der Waals surface area contributed by atoms with Crippen LogP contribution in [0.1, 0.15) is 26.7 Å². The number of benzene rings is 1.